The van der Waals surface area contributed by atoms with Gasteiger partial charge in [0.25, 0.3) is 0 Å². The van der Waals surface area contributed by atoms with Crippen molar-refractivity contribution in [1.82, 2.24) is 0 Å². The summed E-state index contributed by atoms with van der Waals surface area (Å²) in [6.07, 6.45) is 0. The molecule has 2 rings (SSSR count). The minimum absolute atomic E-state index is 0.0448. The fourth-order valence-electron chi connectivity index (χ4n) is 1.50. The summed E-state index contributed by atoms with van der Waals surface area (Å²) in [6.45, 7) is -2.55. The molecule has 0 aliphatic rings. The van der Waals surface area contributed by atoms with E-state index >= 15 is 0 Å². The second-order valence-electron chi connectivity index (χ2n) is 3.60. The number of hydrogen-bond acceptors (Lipinski definition) is 2. The van der Waals surface area contributed by atoms with Gasteiger partial charge in [-0.05, 0) is 17.7 Å². The summed E-state index contributed by atoms with van der Waals surface area (Å²) in [5, 5.41) is 0. The van der Waals surface area contributed by atoms with Gasteiger partial charge in [0.1, 0.15) is 6.61 Å². The number of hydrogen-bond donors (Lipinski definition) is 0. The van der Waals surface area contributed by atoms with Crippen molar-refractivity contribution in [3.05, 3.63) is 60.2 Å². The molecule has 4 heteroatoms. The van der Waals surface area contributed by atoms with Crippen LogP contribution in [0.15, 0.2) is 54.6 Å². The molecule has 0 amide bonds. The van der Waals surface area contributed by atoms with Gasteiger partial charge < -0.3 is 9.47 Å². The van der Waals surface area contributed by atoms with Crippen molar-refractivity contribution < 1.29 is 18.3 Å². The summed E-state index contributed by atoms with van der Waals surface area (Å²) >= 11 is 0. The number of halogens is 2. The fraction of sp³-hybridized carbons (Fsp3) is 0.143. The first-order chi connectivity index (χ1) is 8.75. The minimum Gasteiger partial charge on any atom is -0.485 e. The lowest BCUT2D eigenvalue weighted by molar-refractivity contribution is -0.0515. The maximum absolute atomic E-state index is 12.2. The lowest BCUT2D eigenvalue weighted by atomic mass is 10.2. The second kappa shape index (κ2) is 6.00. The Hall–Kier alpha value is -2.10. The molecule has 0 spiro atoms. The van der Waals surface area contributed by atoms with Crippen LogP contribution in [0.25, 0.3) is 0 Å². The van der Waals surface area contributed by atoms with Crippen molar-refractivity contribution in [3.63, 3.8) is 0 Å². The highest BCUT2D eigenvalue weighted by Gasteiger charge is 2.09. The van der Waals surface area contributed by atoms with E-state index in [1.807, 2.05) is 30.3 Å². The molecule has 0 heterocycles. The summed E-state index contributed by atoms with van der Waals surface area (Å²) in [6, 6.07) is 15.9. The summed E-state index contributed by atoms with van der Waals surface area (Å²) in [7, 11) is 0. The quantitative estimate of drug-likeness (QED) is 0.802. The molecule has 0 fully saturated rings. The summed E-state index contributed by atoms with van der Waals surface area (Å²) in [5.41, 5.74) is 0.962. The molecule has 0 aromatic heterocycles. The molecular formula is C14H12F2O2. The predicted molar refractivity (Wildman–Crippen MR) is 63.8 cm³/mol. The van der Waals surface area contributed by atoms with Gasteiger partial charge in [-0.2, -0.15) is 8.78 Å². The highest BCUT2D eigenvalue weighted by atomic mass is 19.3. The van der Waals surface area contributed by atoms with E-state index < -0.39 is 6.61 Å². The smallest absolute Gasteiger partial charge is 0.387 e. The molecule has 0 saturated carbocycles. The van der Waals surface area contributed by atoms with E-state index in [-0.39, 0.29) is 5.75 Å². The zero-order chi connectivity index (χ0) is 12.8. The number of para-hydroxylation sites is 2. The van der Waals surface area contributed by atoms with Crippen molar-refractivity contribution in [3.8, 4) is 11.5 Å². The highest BCUT2D eigenvalue weighted by molar-refractivity contribution is 5.39. The number of rotatable bonds is 5. The summed E-state index contributed by atoms with van der Waals surface area (Å²) in [4.78, 5) is 0. The maximum atomic E-state index is 12.2. The average Bonchev–Trinajstić information content (AvgIpc) is 2.38. The third-order valence-corrected chi connectivity index (χ3v) is 2.30. The normalized spacial score (nSPS) is 10.4. The van der Waals surface area contributed by atoms with Crippen molar-refractivity contribution in [2.75, 3.05) is 0 Å². The molecule has 0 radical (unpaired) electrons. The minimum atomic E-state index is -2.86. The van der Waals surface area contributed by atoms with E-state index in [4.69, 9.17) is 4.74 Å². The SMILES string of the molecule is FC(F)Oc1ccccc1OCc1ccccc1. The van der Waals surface area contributed by atoms with Crippen molar-refractivity contribution in [1.29, 1.82) is 0 Å². The van der Waals surface area contributed by atoms with E-state index in [1.165, 1.54) is 6.07 Å². The van der Waals surface area contributed by atoms with Crippen LogP contribution in [0.3, 0.4) is 0 Å². The maximum Gasteiger partial charge on any atom is 0.387 e. The van der Waals surface area contributed by atoms with Gasteiger partial charge in [-0.25, -0.2) is 0 Å². The molecule has 94 valence electrons. The molecule has 2 aromatic rings. The van der Waals surface area contributed by atoms with E-state index in [0.717, 1.165) is 5.56 Å². The van der Waals surface area contributed by atoms with E-state index in [1.54, 1.807) is 18.2 Å². The third kappa shape index (κ3) is 3.45. The molecule has 2 aromatic carbocycles. The first-order valence-corrected chi connectivity index (χ1v) is 5.46. The molecular weight excluding hydrogens is 238 g/mol. The van der Waals surface area contributed by atoms with Gasteiger partial charge in [0.15, 0.2) is 11.5 Å². The third-order valence-electron chi connectivity index (χ3n) is 2.30. The van der Waals surface area contributed by atoms with Crippen LogP contribution in [0.2, 0.25) is 0 Å². The molecule has 0 atom stereocenters. The standard InChI is InChI=1S/C14H12F2O2/c15-14(16)18-13-9-5-4-8-12(13)17-10-11-6-2-1-3-7-11/h1-9,14H,10H2. The van der Waals surface area contributed by atoms with Gasteiger partial charge >= 0.3 is 6.61 Å². The van der Waals surface area contributed by atoms with Crippen LogP contribution < -0.4 is 9.47 Å². The van der Waals surface area contributed by atoms with Gasteiger partial charge in [-0.1, -0.05) is 42.5 Å². The highest BCUT2D eigenvalue weighted by Crippen LogP contribution is 2.28. The van der Waals surface area contributed by atoms with Gasteiger partial charge in [0.2, 0.25) is 0 Å². The van der Waals surface area contributed by atoms with Gasteiger partial charge in [0, 0.05) is 0 Å². The van der Waals surface area contributed by atoms with Crippen LogP contribution in [0.5, 0.6) is 11.5 Å². The largest absolute Gasteiger partial charge is 0.485 e. The van der Waals surface area contributed by atoms with Crippen LogP contribution in [0.4, 0.5) is 8.78 Å². The fourth-order valence-corrected chi connectivity index (χ4v) is 1.50. The van der Waals surface area contributed by atoms with Crippen molar-refractivity contribution >= 4 is 0 Å². The lowest BCUT2D eigenvalue weighted by Crippen LogP contribution is -2.04. The second-order valence-corrected chi connectivity index (χ2v) is 3.60. The number of benzene rings is 2. The van der Waals surface area contributed by atoms with Crippen LogP contribution in [-0.2, 0) is 6.61 Å². The van der Waals surface area contributed by atoms with Crippen LogP contribution in [0, 0.1) is 0 Å². The Morgan fingerprint density at radius 3 is 2.11 bits per heavy atom. The molecule has 0 aliphatic heterocycles. The Bertz CT molecular complexity index is 486. The molecule has 2 nitrogen and oxygen atoms in total. The van der Waals surface area contributed by atoms with E-state index in [9.17, 15) is 8.78 Å². The molecule has 0 aliphatic carbocycles. The van der Waals surface area contributed by atoms with Crippen LogP contribution >= 0.6 is 0 Å². The first-order valence-electron chi connectivity index (χ1n) is 5.46. The summed E-state index contributed by atoms with van der Waals surface area (Å²) in [5.74, 6) is 0.352. The van der Waals surface area contributed by atoms with Gasteiger partial charge in [0.05, 0.1) is 0 Å². The van der Waals surface area contributed by atoms with Crippen molar-refractivity contribution in [2.45, 2.75) is 13.2 Å². The van der Waals surface area contributed by atoms with Gasteiger partial charge in [-0.15, -0.1) is 0 Å². The van der Waals surface area contributed by atoms with E-state index in [0.29, 0.717) is 12.4 Å². The Morgan fingerprint density at radius 2 is 1.44 bits per heavy atom. The van der Waals surface area contributed by atoms with Crippen LogP contribution in [0.1, 0.15) is 5.56 Å². The lowest BCUT2D eigenvalue weighted by Gasteiger charge is -2.11. The Labute approximate surface area is 104 Å². The molecule has 0 unspecified atom stereocenters. The molecule has 0 saturated heterocycles. The Balaban J connectivity index is 2.05. The van der Waals surface area contributed by atoms with Crippen LogP contribution in [-0.4, -0.2) is 6.61 Å². The number of ether oxygens (including phenoxy) is 2. The zero-order valence-electron chi connectivity index (χ0n) is 9.55. The molecule has 0 N–H and O–H groups in total. The van der Waals surface area contributed by atoms with E-state index in [2.05, 4.69) is 4.74 Å². The summed E-state index contributed by atoms with van der Waals surface area (Å²) < 4.78 is 34.2. The van der Waals surface area contributed by atoms with Crippen molar-refractivity contribution in [2.24, 2.45) is 0 Å². The number of alkyl halides is 2. The zero-order valence-corrected chi connectivity index (χ0v) is 9.55. The Morgan fingerprint density at radius 1 is 0.833 bits per heavy atom. The Kier molecular flexibility index (Phi) is 4.12. The molecule has 0 bridgehead atoms. The monoisotopic (exact) mass is 250 g/mol. The molecule has 18 heavy (non-hydrogen) atoms. The topological polar surface area (TPSA) is 18.5 Å². The average molecular weight is 250 g/mol. The van der Waals surface area contributed by atoms with Gasteiger partial charge in [-0.3, -0.25) is 0 Å². The predicted octanol–water partition coefficient (Wildman–Crippen LogP) is 3.87. The first kappa shape index (κ1) is 12.4.